The van der Waals surface area contributed by atoms with Gasteiger partial charge in [-0.05, 0) is 59.4 Å². The molecule has 2 fully saturated rings. The molecular weight excluding hydrogens is 384 g/mol. The zero-order valence-electron chi connectivity index (χ0n) is 17.0. The average molecular weight is 407 g/mol. The fourth-order valence-corrected chi connectivity index (χ4v) is 4.35. The zero-order chi connectivity index (χ0) is 20.9. The van der Waals surface area contributed by atoms with Crippen LogP contribution < -0.4 is 4.90 Å². The first-order valence-electron chi connectivity index (χ1n) is 10.2. The molecule has 7 heteroatoms. The topological polar surface area (TPSA) is 54.8 Å². The zero-order valence-corrected chi connectivity index (χ0v) is 17.0. The van der Waals surface area contributed by atoms with Gasteiger partial charge in [0.2, 0.25) is 0 Å². The summed E-state index contributed by atoms with van der Waals surface area (Å²) in [5, 5.41) is 0. The molecule has 0 amide bonds. The first kappa shape index (κ1) is 19.0. The monoisotopic (exact) mass is 407 g/mol. The van der Waals surface area contributed by atoms with Gasteiger partial charge in [0.1, 0.15) is 0 Å². The van der Waals surface area contributed by atoms with Crippen molar-refractivity contribution in [1.82, 2.24) is 19.9 Å². The Bertz CT molecular complexity index is 1070. The maximum atomic E-state index is 14.5. The van der Waals surface area contributed by atoms with Crippen molar-refractivity contribution in [3.8, 4) is 11.6 Å². The molecule has 0 bridgehead atoms. The molecular formula is C23H23F2N5. The van der Waals surface area contributed by atoms with E-state index in [1.807, 2.05) is 11.0 Å². The van der Waals surface area contributed by atoms with E-state index in [0.717, 1.165) is 37.1 Å². The van der Waals surface area contributed by atoms with Gasteiger partial charge in [-0.15, -0.1) is 0 Å². The van der Waals surface area contributed by atoms with Gasteiger partial charge in [0.05, 0.1) is 5.69 Å². The highest BCUT2D eigenvalue weighted by Crippen LogP contribution is 2.55. The van der Waals surface area contributed by atoms with Crippen LogP contribution in [0.2, 0.25) is 0 Å². The number of benzene rings is 1. The maximum Gasteiger partial charge on any atom is 0.197 e. The molecule has 0 spiro atoms. The van der Waals surface area contributed by atoms with Crippen molar-refractivity contribution in [2.75, 3.05) is 18.0 Å². The van der Waals surface area contributed by atoms with Gasteiger partial charge in [-0.2, -0.15) is 0 Å². The van der Waals surface area contributed by atoms with Crippen LogP contribution in [0.1, 0.15) is 49.7 Å². The lowest BCUT2D eigenvalue weighted by atomic mass is 9.93. The van der Waals surface area contributed by atoms with Crippen molar-refractivity contribution < 1.29 is 8.78 Å². The summed E-state index contributed by atoms with van der Waals surface area (Å²) < 4.78 is 29.0. The summed E-state index contributed by atoms with van der Waals surface area (Å²) in [6.07, 6.45) is 8.72. The summed E-state index contributed by atoms with van der Waals surface area (Å²) in [6.45, 7) is 5.80. The standard InChI is InChI=1S/C23H23F2N5/c1-23(2)4-7-30(13-23)19-9-14(8-18(24)20(19)25)16-10-17(16)15-11-28-22(29-12-15)21-26-5-3-6-27-21/h3,5-6,8-9,11-12,16-17H,4,7,10,13H2,1-2H3/t16-,17+/m1/s1. The largest absolute Gasteiger partial charge is 0.369 e. The molecule has 2 aliphatic rings. The van der Waals surface area contributed by atoms with Gasteiger partial charge in [-0.25, -0.2) is 28.7 Å². The third kappa shape index (κ3) is 3.53. The van der Waals surface area contributed by atoms with Crippen LogP contribution in [0.5, 0.6) is 0 Å². The van der Waals surface area contributed by atoms with Gasteiger partial charge in [0.25, 0.3) is 0 Å². The molecule has 1 saturated carbocycles. The smallest absolute Gasteiger partial charge is 0.197 e. The summed E-state index contributed by atoms with van der Waals surface area (Å²) in [5.41, 5.74) is 2.33. The van der Waals surface area contributed by atoms with Gasteiger partial charge < -0.3 is 4.90 Å². The Hall–Kier alpha value is -2.96. The highest BCUT2D eigenvalue weighted by molar-refractivity contribution is 5.54. The number of anilines is 1. The predicted molar refractivity (Wildman–Crippen MR) is 110 cm³/mol. The van der Waals surface area contributed by atoms with Gasteiger partial charge >= 0.3 is 0 Å². The van der Waals surface area contributed by atoms with Crippen molar-refractivity contribution in [1.29, 1.82) is 0 Å². The molecule has 2 aromatic heterocycles. The number of halogens is 2. The SMILES string of the molecule is CC1(C)CCN(c2cc([C@H]3C[C@H]3c3cnc(-c4ncccn4)nc3)cc(F)c2F)C1. The van der Waals surface area contributed by atoms with E-state index < -0.39 is 11.6 Å². The molecule has 0 unspecified atom stereocenters. The van der Waals surface area contributed by atoms with Crippen LogP contribution in [0.4, 0.5) is 14.5 Å². The fraction of sp³-hybridized carbons (Fsp3) is 0.391. The Morgan fingerprint density at radius 3 is 2.27 bits per heavy atom. The molecule has 1 saturated heterocycles. The number of rotatable bonds is 4. The van der Waals surface area contributed by atoms with E-state index in [2.05, 4.69) is 33.8 Å². The Kier molecular flexibility index (Phi) is 4.49. The first-order chi connectivity index (χ1) is 14.4. The average Bonchev–Trinajstić information content (AvgIpc) is 3.47. The molecule has 154 valence electrons. The highest BCUT2D eigenvalue weighted by Gasteiger charge is 2.41. The molecule has 5 nitrogen and oxygen atoms in total. The van der Waals surface area contributed by atoms with Crippen molar-refractivity contribution >= 4 is 5.69 Å². The summed E-state index contributed by atoms with van der Waals surface area (Å²) in [7, 11) is 0. The van der Waals surface area contributed by atoms with Crippen molar-refractivity contribution in [3.05, 3.63) is 65.7 Å². The molecule has 1 aromatic carbocycles. The Morgan fingerprint density at radius 2 is 1.60 bits per heavy atom. The second-order valence-electron chi connectivity index (χ2n) is 9.03. The second-order valence-corrected chi connectivity index (χ2v) is 9.03. The van der Waals surface area contributed by atoms with Gasteiger partial charge in [0, 0.05) is 37.9 Å². The van der Waals surface area contributed by atoms with E-state index in [9.17, 15) is 8.78 Å². The minimum absolute atomic E-state index is 0.114. The van der Waals surface area contributed by atoms with Crippen LogP contribution in [-0.2, 0) is 0 Å². The van der Waals surface area contributed by atoms with Crippen molar-refractivity contribution in [2.45, 2.75) is 38.5 Å². The fourth-order valence-electron chi connectivity index (χ4n) is 4.35. The number of hydrogen-bond acceptors (Lipinski definition) is 5. The minimum Gasteiger partial charge on any atom is -0.369 e. The predicted octanol–water partition coefficient (Wildman–Crippen LogP) is 4.72. The summed E-state index contributed by atoms with van der Waals surface area (Å²) in [6, 6.07) is 4.92. The Balaban J connectivity index is 1.36. The van der Waals surface area contributed by atoms with E-state index in [-0.39, 0.29) is 17.3 Å². The normalized spacial score (nSPS) is 22.3. The van der Waals surface area contributed by atoms with Gasteiger partial charge in [-0.3, -0.25) is 0 Å². The number of nitrogens with zero attached hydrogens (tertiary/aromatic N) is 5. The van der Waals surface area contributed by atoms with Gasteiger partial charge in [-0.1, -0.05) is 13.8 Å². The lowest BCUT2D eigenvalue weighted by Gasteiger charge is -2.23. The molecule has 3 heterocycles. The van der Waals surface area contributed by atoms with E-state index in [1.54, 1.807) is 30.9 Å². The molecule has 2 atom stereocenters. The molecule has 5 rings (SSSR count). The van der Waals surface area contributed by atoms with Crippen LogP contribution in [0, 0.1) is 17.0 Å². The van der Waals surface area contributed by atoms with Gasteiger partial charge in [0.15, 0.2) is 23.3 Å². The Morgan fingerprint density at radius 1 is 0.933 bits per heavy atom. The van der Waals surface area contributed by atoms with Crippen LogP contribution in [0.25, 0.3) is 11.6 Å². The lowest BCUT2D eigenvalue weighted by Crippen LogP contribution is -2.24. The molecule has 1 aliphatic carbocycles. The number of aromatic nitrogens is 4. The minimum atomic E-state index is -0.773. The summed E-state index contributed by atoms with van der Waals surface area (Å²) >= 11 is 0. The highest BCUT2D eigenvalue weighted by atomic mass is 19.2. The Labute approximate surface area is 174 Å². The second kappa shape index (κ2) is 7.07. The van der Waals surface area contributed by atoms with E-state index in [0.29, 0.717) is 17.3 Å². The summed E-state index contributed by atoms with van der Waals surface area (Å²) in [5.74, 6) is -0.200. The molecule has 0 radical (unpaired) electrons. The number of hydrogen-bond donors (Lipinski definition) is 0. The third-order valence-corrected chi connectivity index (χ3v) is 6.13. The van der Waals surface area contributed by atoms with Crippen LogP contribution >= 0.6 is 0 Å². The van der Waals surface area contributed by atoms with Crippen molar-refractivity contribution in [2.24, 2.45) is 5.41 Å². The first-order valence-corrected chi connectivity index (χ1v) is 10.2. The molecule has 1 aliphatic heterocycles. The van der Waals surface area contributed by atoms with E-state index >= 15 is 0 Å². The summed E-state index contributed by atoms with van der Waals surface area (Å²) in [4.78, 5) is 19.1. The van der Waals surface area contributed by atoms with E-state index in [4.69, 9.17) is 0 Å². The third-order valence-electron chi connectivity index (χ3n) is 6.13. The maximum absolute atomic E-state index is 14.5. The van der Waals surface area contributed by atoms with Crippen LogP contribution in [-0.4, -0.2) is 33.0 Å². The molecule has 30 heavy (non-hydrogen) atoms. The van der Waals surface area contributed by atoms with Crippen LogP contribution in [0.15, 0.2) is 43.0 Å². The lowest BCUT2D eigenvalue weighted by molar-refractivity contribution is 0.417. The van der Waals surface area contributed by atoms with Crippen molar-refractivity contribution in [3.63, 3.8) is 0 Å². The van der Waals surface area contributed by atoms with E-state index in [1.165, 1.54) is 6.07 Å². The molecule has 3 aromatic rings. The van der Waals surface area contributed by atoms with Crippen LogP contribution in [0.3, 0.4) is 0 Å². The quantitative estimate of drug-likeness (QED) is 0.626. The molecule has 0 N–H and O–H groups in total.